The van der Waals surface area contributed by atoms with E-state index in [0.717, 1.165) is 11.1 Å². The predicted octanol–water partition coefficient (Wildman–Crippen LogP) is 1.36. The van der Waals surface area contributed by atoms with E-state index < -0.39 is 11.3 Å². The molecule has 4 rings (SSSR count). The fraction of sp³-hybridized carbons (Fsp3) is 0.263. The number of urea groups is 2. The Morgan fingerprint density at radius 3 is 2.00 bits per heavy atom. The molecule has 2 aromatic rings. The van der Waals surface area contributed by atoms with Gasteiger partial charge in [0.05, 0.1) is 6.61 Å². The second-order valence-electron chi connectivity index (χ2n) is 6.45. The van der Waals surface area contributed by atoms with Gasteiger partial charge in [0.25, 0.3) is 0 Å². The largest absolute Gasteiger partial charge is 0.395 e. The Labute approximate surface area is 151 Å². The highest BCUT2D eigenvalue weighted by Crippen LogP contribution is 2.52. The average molecular weight is 352 g/mol. The van der Waals surface area contributed by atoms with Gasteiger partial charge in [-0.1, -0.05) is 60.7 Å². The van der Waals surface area contributed by atoms with Crippen LogP contribution in [0.2, 0.25) is 0 Å². The van der Waals surface area contributed by atoms with Crippen LogP contribution >= 0.6 is 0 Å². The van der Waals surface area contributed by atoms with Crippen molar-refractivity contribution in [3.05, 3.63) is 71.8 Å². The SMILES string of the molecule is CN1C(=O)NC2(c3ccccc3)NC(=O)N(CCO)C12c1ccccc1. The monoisotopic (exact) mass is 352 g/mol. The molecular weight excluding hydrogens is 332 g/mol. The van der Waals surface area contributed by atoms with Gasteiger partial charge in [-0.2, -0.15) is 0 Å². The Hall–Kier alpha value is -3.06. The van der Waals surface area contributed by atoms with Crippen LogP contribution in [0.15, 0.2) is 60.7 Å². The highest BCUT2D eigenvalue weighted by Gasteiger charge is 2.72. The van der Waals surface area contributed by atoms with E-state index in [4.69, 9.17) is 0 Å². The van der Waals surface area contributed by atoms with Crippen LogP contribution in [0.1, 0.15) is 11.1 Å². The number of rotatable bonds is 4. The first-order valence-corrected chi connectivity index (χ1v) is 8.45. The predicted molar refractivity (Wildman–Crippen MR) is 94.9 cm³/mol. The van der Waals surface area contributed by atoms with Crippen molar-refractivity contribution in [2.45, 2.75) is 11.3 Å². The zero-order valence-corrected chi connectivity index (χ0v) is 14.3. The molecule has 4 amide bonds. The number of β-amino-alcohol motifs (C(OH)–C–C–N with tert-alkyl or cyclic N) is 1. The van der Waals surface area contributed by atoms with Crippen molar-refractivity contribution in [2.24, 2.45) is 0 Å². The lowest BCUT2D eigenvalue weighted by atomic mass is 9.81. The lowest BCUT2D eigenvalue weighted by molar-refractivity contribution is -0.00615. The Balaban J connectivity index is 2.05. The minimum Gasteiger partial charge on any atom is -0.395 e. The zero-order valence-electron chi connectivity index (χ0n) is 14.3. The maximum atomic E-state index is 12.9. The highest BCUT2D eigenvalue weighted by atomic mass is 16.3. The van der Waals surface area contributed by atoms with Gasteiger partial charge in [0.15, 0.2) is 11.3 Å². The van der Waals surface area contributed by atoms with Crippen molar-refractivity contribution >= 4 is 12.1 Å². The van der Waals surface area contributed by atoms with Crippen molar-refractivity contribution in [1.82, 2.24) is 20.4 Å². The zero-order chi connectivity index (χ0) is 18.4. The van der Waals surface area contributed by atoms with Gasteiger partial charge >= 0.3 is 12.1 Å². The number of nitrogens with zero attached hydrogens (tertiary/aromatic N) is 2. The van der Waals surface area contributed by atoms with Crippen LogP contribution in [0.25, 0.3) is 0 Å². The number of nitrogens with one attached hydrogen (secondary N) is 2. The molecule has 0 aromatic heterocycles. The minimum atomic E-state index is -1.17. The summed E-state index contributed by atoms with van der Waals surface area (Å²) in [5.74, 6) is 0. The molecule has 0 spiro atoms. The van der Waals surface area contributed by atoms with Gasteiger partial charge in [-0.05, 0) is 0 Å². The molecule has 134 valence electrons. The molecule has 2 saturated heterocycles. The number of carbonyl (C=O) groups is 2. The molecule has 2 atom stereocenters. The lowest BCUT2D eigenvalue weighted by Crippen LogP contribution is -2.62. The minimum absolute atomic E-state index is 0.0919. The number of amides is 4. The van der Waals surface area contributed by atoms with Crippen molar-refractivity contribution < 1.29 is 14.7 Å². The second kappa shape index (κ2) is 5.74. The summed E-state index contributed by atoms with van der Waals surface area (Å²) >= 11 is 0. The van der Waals surface area contributed by atoms with E-state index in [2.05, 4.69) is 10.6 Å². The standard InChI is InChI=1S/C19H20N4O3/c1-22-16(25)20-18(14-8-4-2-5-9-14)19(22,15-10-6-3-7-11-15)23(12-13-24)17(26)21-18/h2-11,24H,12-13H2,1H3,(H,20,25)(H,21,26). The molecule has 0 bridgehead atoms. The molecule has 2 aliphatic rings. The van der Waals surface area contributed by atoms with Crippen LogP contribution in [0, 0.1) is 0 Å². The van der Waals surface area contributed by atoms with Crippen molar-refractivity contribution in [3.8, 4) is 0 Å². The van der Waals surface area contributed by atoms with Crippen LogP contribution in [0.3, 0.4) is 0 Å². The highest BCUT2D eigenvalue weighted by molar-refractivity contribution is 5.89. The number of fused-ring (bicyclic) bond motifs is 1. The number of benzene rings is 2. The van der Waals surface area contributed by atoms with E-state index in [1.807, 2.05) is 60.7 Å². The summed E-state index contributed by atoms with van der Waals surface area (Å²) in [5, 5.41) is 15.6. The van der Waals surface area contributed by atoms with Crippen LogP contribution in [-0.4, -0.2) is 47.2 Å². The third-order valence-electron chi connectivity index (χ3n) is 5.24. The number of carbonyl (C=O) groups excluding carboxylic acids is 2. The number of aliphatic hydroxyl groups excluding tert-OH is 1. The fourth-order valence-corrected chi connectivity index (χ4v) is 4.24. The third kappa shape index (κ3) is 1.86. The molecule has 2 heterocycles. The molecule has 0 saturated carbocycles. The maximum Gasteiger partial charge on any atom is 0.321 e. The molecule has 26 heavy (non-hydrogen) atoms. The summed E-state index contributed by atoms with van der Waals surface area (Å²) in [6.45, 7) is -0.122. The lowest BCUT2D eigenvalue weighted by Gasteiger charge is -2.45. The van der Waals surface area contributed by atoms with E-state index >= 15 is 0 Å². The number of hydrogen-bond acceptors (Lipinski definition) is 3. The Morgan fingerprint density at radius 1 is 0.885 bits per heavy atom. The molecular formula is C19H20N4O3. The molecule has 2 aliphatic heterocycles. The maximum absolute atomic E-state index is 12.9. The van der Waals surface area contributed by atoms with E-state index in [1.54, 1.807) is 7.05 Å². The summed E-state index contributed by atoms with van der Waals surface area (Å²) in [5.41, 5.74) is -0.785. The van der Waals surface area contributed by atoms with Gasteiger partial charge < -0.3 is 15.7 Å². The van der Waals surface area contributed by atoms with E-state index in [0.29, 0.717) is 0 Å². The van der Waals surface area contributed by atoms with E-state index in [1.165, 1.54) is 9.80 Å². The van der Waals surface area contributed by atoms with Gasteiger partial charge in [-0.15, -0.1) is 0 Å². The summed E-state index contributed by atoms with van der Waals surface area (Å²) in [6.07, 6.45) is 0. The normalized spacial score (nSPS) is 27.3. The quantitative estimate of drug-likeness (QED) is 0.777. The van der Waals surface area contributed by atoms with Crippen LogP contribution in [0.4, 0.5) is 9.59 Å². The molecule has 7 heteroatoms. The molecule has 2 fully saturated rings. The van der Waals surface area contributed by atoms with E-state index in [9.17, 15) is 14.7 Å². The molecule has 0 radical (unpaired) electrons. The van der Waals surface area contributed by atoms with Crippen LogP contribution in [0.5, 0.6) is 0 Å². The molecule has 7 nitrogen and oxygen atoms in total. The molecule has 3 N–H and O–H groups in total. The first-order valence-electron chi connectivity index (χ1n) is 8.45. The molecule has 2 aromatic carbocycles. The van der Waals surface area contributed by atoms with Crippen molar-refractivity contribution in [1.29, 1.82) is 0 Å². The third-order valence-corrected chi connectivity index (χ3v) is 5.24. The fourth-order valence-electron chi connectivity index (χ4n) is 4.24. The average Bonchev–Trinajstić information content (AvgIpc) is 3.05. The first-order chi connectivity index (χ1) is 12.6. The van der Waals surface area contributed by atoms with Gasteiger partial charge in [-0.25, -0.2) is 9.59 Å². The topological polar surface area (TPSA) is 84.9 Å². The number of hydrogen-bond donors (Lipinski definition) is 3. The van der Waals surface area contributed by atoms with Gasteiger partial charge in [0.2, 0.25) is 0 Å². The molecule has 2 unspecified atom stereocenters. The first kappa shape index (κ1) is 16.4. The van der Waals surface area contributed by atoms with Gasteiger partial charge in [0, 0.05) is 24.7 Å². The van der Waals surface area contributed by atoms with Crippen molar-refractivity contribution in [2.75, 3.05) is 20.2 Å². The number of likely N-dealkylation sites (N-methyl/N-ethyl adjacent to an activating group) is 1. The van der Waals surface area contributed by atoms with E-state index in [-0.39, 0.29) is 25.2 Å². The Morgan fingerprint density at radius 2 is 1.42 bits per heavy atom. The summed E-state index contributed by atoms with van der Waals surface area (Å²) in [4.78, 5) is 28.7. The van der Waals surface area contributed by atoms with Gasteiger partial charge in [0.1, 0.15) is 0 Å². The summed E-state index contributed by atoms with van der Waals surface area (Å²) < 4.78 is 0. The van der Waals surface area contributed by atoms with Crippen LogP contribution in [-0.2, 0) is 11.3 Å². The van der Waals surface area contributed by atoms with Crippen LogP contribution < -0.4 is 10.6 Å². The van der Waals surface area contributed by atoms with Crippen molar-refractivity contribution in [3.63, 3.8) is 0 Å². The summed E-state index contributed by atoms with van der Waals surface area (Å²) in [6, 6.07) is 18.1. The smallest absolute Gasteiger partial charge is 0.321 e. The number of aliphatic hydroxyl groups is 1. The Kier molecular flexibility index (Phi) is 3.62. The second-order valence-corrected chi connectivity index (χ2v) is 6.45. The summed E-state index contributed by atoms with van der Waals surface area (Å²) in [7, 11) is 1.66. The Bertz CT molecular complexity index is 844. The van der Waals surface area contributed by atoms with Gasteiger partial charge in [-0.3, -0.25) is 9.80 Å². The molecule has 0 aliphatic carbocycles.